The summed E-state index contributed by atoms with van der Waals surface area (Å²) in [6, 6.07) is 5.37. The molecule has 0 fully saturated rings. The lowest BCUT2D eigenvalue weighted by Gasteiger charge is -2.06. The van der Waals surface area contributed by atoms with E-state index in [4.69, 9.17) is 5.73 Å². The SMILES string of the molecule is Cc1cc(Cn2cc(I)c(C(F)(F)F)n2)ccc1N. The number of benzene rings is 1. The van der Waals surface area contributed by atoms with Gasteiger partial charge in [0.15, 0.2) is 5.69 Å². The molecule has 1 aromatic carbocycles. The Hall–Kier alpha value is -1.25. The van der Waals surface area contributed by atoms with Crippen molar-refractivity contribution in [1.29, 1.82) is 0 Å². The number of alkyl halides is 3. The van der Waals surface area contributed by atoms with E-state index in [1.807, 2.05) is 13.0 Å². The van der Waals surface area contributed by atoms with Crippen molar-refractivity contribution in [2.45, 2.75) is 19.6 Å². The molecule has 1 aromatic heterocycles. The molecule has 0 aliphatic heterocycles. The zero-order chi connectivity index (χ0) is 14.2. The topological polar surface area (TPSA) is 43.8 Å². The Bertz CT molecular complexity index is 605. The summed E-state index contributed by atoms with van der Waals surface area (Å²) in [4.78, 5) is 0. The Morgan fingerprint density at radius 1 is 1.37 bits per heavy atom. The molecule has 0 unspecified atom stereocenters. The van der Waals surface area contributed by atoms with Crippen LogP contribution in [0, 0.1) is 10.5 Å². The summed E-state index contributed by atoms with van der Waals surface area (Å²) in [5, 5.41) is 3.58. The van der Waals surface area contributed by atoms with Crippen molar-refractivity contribution in [2.75, 3.05) is 5.73 Å². The van der Waals surface area contributed by atoms with Crippen molar-refractivity contribution in [3.05, 3.63) is 44.8 Å². The summed E-state index contributed by atoms with van der Waals surface area (Å²) in [6.07, 6.45) is -3.03. The van der Waals surface area contributed by atoms with Crippen LogP contribution in [-0.2, 0) is 12.7 Å². The van der Waals surface area contributed by atoms with Gasteiger partial charge >= 0.3 is 6.18 Å². The third kappa shape index (κ3) is 3.20. The predicted octanol–water partition coefficient (Wildman–Crippen LogP) is 3.45. The van der Waals surface area contributed by atoms with Gasteiger partial charge < -0.3 is 5.73 Å². The molecule has 19 heavy (non-hydrogen) atoms. The van der Waals surface area contributed by atoms with E-state index in [1.165, 1.54) is 10.9 Å². The Kier molecular flexibility index (Phi) is 3.75. The number of nitrogens with two attached hydrogens (primary N) is 1. The number of aromatic nitrogens is 2. The van der Waals surface area contributed by atoms with Crippen LogP contribution in [0.3, 0.4) is 0 Å². The molecule has 0 aliphatic rings. The molecule has 3 nitrogen and oxygen atoms in total. The van der Waals surface area contributed by atoms with Crippen molar-refractivity contribution < 1.29 is 13.2 Å². The molecule has 0 bridgehead atoms. The maximum atomic E-state index is 12.6. The number of halogens is 4. The molecule has 0 saturated heterocycles. The fourth-order valence-electron chi connectivity index (χ4n) is 1.69. The Morgan fingerprint density at radius 2 is 2.05 bits per heavy atom. The van der Waals surface area contributed by atoms with Gasteiger partial charge in [0.2, 0.25) is 0 Å². The van der Waals surface area contributed by atoms with Gasteiger partial charge in [-0.25, -0.2) is 0 Å². The number of hydrogen-bond acceptors (Lipinski definition) is 2. The lowest BCUT2D eigenvalue weighted by molar-refractivity contribution is -0.142. The second-order valence-electron chi connectivity index (χ2n) is 4.21. The fraction of sp³-hybridized carbons (Fsp3) is 0.250. The number of hydrogen-bond donors (Lipinski definition) is 1. The summed E-state index contributed by atoms with van der Waals surface area (Å²) in [6.45, 7) is 2.14. The minimum Gasteiger partial charge on any atom is -0.399 e. The van der Waals surface area contributed by atoms with Crippen molar-refractivity contribution >= 4 is 28.3 Å². The summed E-state index contributed by atoms with van der Waals surface area (Å²) in [5.74, 6) is 0. The molecule has 0 atom stereocenters. The molecule has 0 spiro atoms. The van der Waals surface area contributed by atoms with E-state index in [2.05, 4.69) is 5.10 Å². The first-order valence-corrected chi connectivity index (χ1v) is 6.50. The van der Waals surface area contributed by atoms with E-state index in [9.17, 15) is 13.2 Å². The Balaban J connectivity index is 2.27. The van der Waals surface area contributed by atoms with Gasteiger partial charge in [0.25, 0.3) is 0 Å². The molecule has 2 N–H and O–H groups in total. The van der Waals surface area contributed by atoms with Crippen LogP contribution in [-0.4, -0.2) is 9.78 Å². The number of nitrogens with zero attached hydrogens (tertiary/aromatic N) is 2. The zero-order valence-corrected chi connectivity index (χ0v) is 12.2. The molecular formula is C12H11F3IN3. The third-order valence-corrected chi connectivity index (χ3v) is 3.45. The van der Waals surface area contributed by atoms with Crippen molar-refractivity contribution in [1.82, 2.24) is 9.78 Å². The predicted molar refractivity (Wildman–Crippen MR) is 74.6 cm³/mol. The van der Waals surface area contributed by atoms with Gasteiger partial charge in [0, 0.05) is 11.9 Å². The van der Waals surface area contributed by atoms with Gasteiger partial charge in [0.05, 0.1) is 10.1 Å². The van der Waals surface area contributed by atoms with Gasteiger partial charge in [-0.15, -0.1) is 0 Å². The quantitative estimate of drug-likeness (QED) is 0.640. The number of anilines is 1. The number of aryl methyl sites for hydroxylation is 1. The monoisotopic (exact) mass is 381 g/mol. The summed E-state index contributed by atoms with van der Waals surface area (Å²) < 4.78 is 39.2. The molecule has 102 valence electrons. The highest BCUT2D eigenvalue weighted by molar-refractivity contribution is 14.1. The second-order valence-corrected chi connectivity index (χ2v) is 5.37. The molecule has 2 rings (SSSR count). The first-order chi connectivity index (χ1) is 8.77. The van der Waals surface area contributed by atoms with E-state index in [0.29, 0.717) is 5.69 Å². The van der Waals surface area contributed by atoms with Crippen LogP contribution in [0.4, 0.5) is 18.9 Å². The molecule has 0 amide bonds. The van der Waals surface area contributed by atoms with E-state index in [1.54, 1.807) is 34.7 Å². The highest BCUT2D eigenvalue weighted by Crippen LogP contribution is 2.31. The average molecular weight is 381 g/mol. The van der Waals surface area contributed by atoms with Crippen LogP contribution in [0.15, 0.2) is 24.4 Å². The minimum atomic E-state index is -4.42. The summed E-state index contributed by atoms with van der Waals surface area (Å²) in [5.41, 5.74) is 7.27. The highest BCUT2D eigenvalue weighted by atomic mass is 127. The van der Waals surface area contributed by atoms with Crippen molar-refractivity contribution in [2.24, 2.45) is 0 Å². The maximum absolute atomic E-state index is 12.6. The van der Waals surface area contributed by atoms with Gasteiger partial charge in [-0.1, -0.05) is 12.1 Å². The minimum absolute atomic E-state index is 0.0947. The van der Waals surface area contributed by atoms with E-state index >= 15 is 0 Å². The van der Waals surface area contributed by atoms with Crippen molar-refractivity contribution in [3.8, 4) is 0 Å². The molecular weight excluding hydrogens is 370 g/mol. The summed E-state index contributed by atoms with van der Waals surface area (Å²) >= 11 is 1.64. The molecule has 1 heterocycles. The van der Waals surface area contributed by atoms with Crippen LogP contribution in [0.25, 0.3) is 0 Å². The van der Waals surface area contributed by atoms with Crippen LogP contribution >= 0.6 is 22.6 Å². The molecule has 0 aliphatic carbocycles. The van der Waals surface area contributed by atoms with E-state index in [-0.39, 0.29) is 10.1 Å². The Morgan fingerprint density at radius 3 is 2.58 bits per heavy atom. The van der Waals surface area contributed by atoms with Gasteiger partial charge in [0.1, 0.15) is 0 Å². The molecule has 2 aromatic rings. The van der Waals surface area contributed by atoms with Gasteiger partial charge in [-0.2, -0.15) is 18.3 Å². The zero-order valence-electron chi connectivity index (χ0n) is 10.0. The third-order valence-electron chi connectivity index (χ3n) is 2.66. The molecule has 7 heteroatoms. The van der Waals surface area contributed by atoms with Gasteiger partial charge in [-0.05, 0) is 46.7 Å². The van der Waals surface area contributed by atoms with Crippen molar-refractivity contribution in [3.63, 3.8) is 0 Å². The fourth-order valence-corrected chi connectivity index (χ4v) is 2.43. The average Bonchev–Trinajstić information content (AvgIpc) is 2.64. The lowest BCUT2D eigenvalue weighted by atomic mass is 10.1. The smallest absolute Gasteiger partial charge is 0.399 e. The van der Waals surface area contributed by atoms with E-state index < -0.39 is 11.9 Å². The van der Waals surface area contributed by atoms with Crippen LogP contribution in [0.1, 0.15) is 16.8 Å². The standard InChI is InChI=1S/C12H11F3IN3/c1-7-4-8(2-3-10(7)17)5-19-6-9(16)11(18-19)12(13,14)15/h2-4,6H,5,17H2,1H3. The maximum Gasteiger partial charge on any atom is 0.436 e. The molecule has 0 saturated carbocycles. The molecule has 0 radical (unpaired) electrons. The highest BCUT2D eigenvalue weighted by Gasteiger charge is 2.36. The van der Waals surface area contributed by atoms with Crippen LogP contribution in [0.2, 0.25) is 0 Å². The lowest BCUT2D eigenvalue weighted by Crippen LogP contribution is -2.09. The normalized spacial score (nSPS) is 11.8. The van der Waals surface area contributed by atoms with Gasteiger partial charge in [-0.3, -0.25) is 4.68 Å². The van der Waals surface area contributed by atoms with Crippen LogP contribution < -0.4 is 5.73 Å². The first kappa shape index (κ1) is 14.2. The Labute approximate surface area is 121 Å². The second kappa shape index (κ2) is 5.03. The van der Waals surface area contributed by atoms with Crippen LogP contribution in [0.5, 0.6) is 0 Å². The first-order valence-electron chi connectivity index (χ1n) is 5.42. The summed E-state index contributed by atoms with van der Waals surface area (Å²) in [7, 11) is 0. The number of nitrogen functional groups attached to an aromatic ring is 1. The van der Waals surface area contributed by atoms with E-state index in [0.717, 1.165) is 11.1 Å². The number of rotatable bonds is 2. The largest absolute Gasteiger partial charge is 0.436 e.